The second-order valence-electron chi connectivity index (χ2n) is 7.45. The van der Waals surface area contributed by atoms with E-state index in [1.54, 1.807) is 43.1 Å². The summed E-state index contributed by atoms with van der Waals surface area (Å²) >= 11 is 7.63. The van der Waals surface area contributed by atoms with Crippen molar-refractivity contribution < 1.29 is 9.53 Å². The van der Waals surface area contributed by atoms with Crippen LogP contribution in [-0.4, -0.2) is 53.3 Å². The summed E-state index contributed by atoms with van der Waals surface area (Å²) in [5.74, 6) is 1.75. The number of ether oxygens (including phenoxy) is 1. The Morgan fingerprint density at radius 3 is 2.42 bits per heavy atom. The van der Waals surface area contributed by atoms with Gasteiger partial charge in [0.25, 0.3) is 0 Å². The number of amides is 2. The van der Waals surface area contributed by atoms with Crippen LogP contribution in [0.2, 0.25) is 5.02 Å². The van der Waals surface area contributed by atoms with Crippen LogP contribution in [0, 0.1) is 0 Å². The number of likely N-dealkylation sites (tertiary alicyclic amines) is 1. The number of carbonyl (C=O) groups is 1. The maximum atomic E-state index is 12.7. The van der Waals surface area contributed by atoms with E-state index in [1.165, 1.54) is 0 Å². The lowest BCUT2D eigenvalue weighted by Crippen LogP contribution is -2.46. The van der Waals surface area contributed by atoms with E-state index in [2.05, 4.69) is 12.2 Å². The molecule has 6 nitrogen and oxygen atoms in total. The molecule has 0 unspecified atom stereocenters. The average Bonchev–Trinajstić information content (AvgIpc) is 3.13. The molecular weight excluding hydrogens is 432 g/mol. The monoisotopic (exact) mass is 456 g/mol. The molecule has 31 heavy (non-hydrogen) atoms. The number of halogens is 1. The Morgan fingerprint density at radius 1 is 1.13 bits per heavy atom. The molecule has 1 saturated heterocycles. The predicted octanol–water partition coefficient (Wildman–Crippen LogP) is 5.33. The number of aliphatic imine (C=N–C) groups is 2. The lowest BCUT2D eigenvalue weighted by Gasteiger charge is -2.35. The number of urea groups is 1. The van der Waals surface area contributed by atoms with E-state index in [0.717, 1.165) is 33.5 Å². The molecule has 0 atom stereocenters. The lowest BCUT2D eigenvalue weighted by molar-refractivity contribution is 0.175. The molecule has 2 amide bonds. The number of piperidine rings is 1. The lowest BCUT2D eigenvalue weighted by atomic mass is 9.98. The van der Waals surface area contributed by atoms with Gasteiger partial charge in [-0.3, -0.25) is 4.99 Å². The Hall–Kier alpha value is -2.51. The first-order chi connectivity index (χ1) is 15.0. The number of hydrogen-bond acceptors (Lipinski definition) is 5. The summed E-state index contributed by atoms with van der Waals surface area (Å²) in [6.45, 7) is 3.33. The third-order valence-corrected chi connectivity index (χ3v) is 6.52. The van der Waals surface area contributed by atoms with Gasteiger partial charge in [0.05, 0.1) is 12.8 Å². The van der Waals surface area contributed by atoms with Crippen LogP contribution in [0.25, 0.3) is 0 Å². The van der Waals surface area contributed by atoms with Crippen LogP contribution in [0.1, 0.15) is 25.3 Å². The summed E-state index contributed by atoms with van der Waals surface area (Å²) in [5.41, 5.74) is 2.23. The van der Waals surface area contributed by atoms with Gasteiger partial charge in [0.1, 0.15) is 10.8 Å². The highest BCUT2D eigenvalue weighted by atomic mass is 35.5. The summed E-state index contributed by atoms with van der Waals surface area (Å²) in [7, 11) is 1.66. The topological polar surface area (TPSA) is 66.3 Å². The van der Waals surface area contributed by atoms with Gasteiger partial charge in [0.2, 0.25) is 0 Å². The Morgan fingerprint density at radius 2 is 1.81 bits per heavy atom. The molecule has 1 spiro atoms. The molecule has 0 aromatic heterocycles. The van der Waals surface area contributed by atoms with E-state index in [-0.39, 0.29) is 6.03 Å². The predicted molar refractivity (Wildman–Crippen MR) is 129 cm³/mol. The van der Waals surface area contributed by atoms with Crippen LogP contribution in [0.3, 0.4) is 0 Å². The van der Waals surface area contributed by atoms with Crippen LogP contribution in [-0.2, 0) is 0 Å². The average molecular weight is 457 g/mol. The third kappa shape index (κ3) is 4.88. The zero-order chi connectivity index (χ0) is 21.8. The Kier molecular flexibility index (Phi) is 6.53. The van der Waals surface area contributed by atoms with Gasteiger partial charge in [-0.05, 0) is 54.3 Å². The van der Waals surface area contributed by atoms with Crippen molar-refractivity contribution in [2.75, 3.05) is 31.3 Å². The van der Waals surface area contributed by atoms with E-state index in [4.69, 9.17) is 26.3 Å². The number of nitrogens with zero attached hydrogens (tertiary/aromatic N) is 3. The van der Waals surface area contributed by atoms with Crippen LogP contribution >= 0.6 is 23.4 Å². The Balaban J connectivity index is 1.46. The number of hydrogen-bond donors (Lipinski definition) is 1. The van der Waals surface area contributed by atoms with Gasteiger partial charge in [0, 0.05) is 42.2 Å². The van der Waals surface area contributed by atoms with Crippen molar-refractivity contribution >= 4 is 45.8 Å². The number of rotatable bonds is 4. The molecule has 1 N–H and O–H groups in total. The molecule has 0 saturated carbocycles. The standard InChI is InChI=1S/C23H25ClN4O2S/c1-3-31-21-20(16-4-10-19(30-2)11-5-16)26-23(27-21)12-14-28(15-13-23)22(29)25-18-8-6-17(24)7-9-18/h4-11H,3,12-15H2,1-2H3,(H,25,29). The fraction of sp³-hybridized carbons (Fsp3) is 0.348. The van der Waals surface area contributed by atoms with E-state index in [9.17, 15) is 4.79 Å². The van der Waals surface area contributed by atoms with Crippen molar-refractivity contribution in [2.24, 2.45) is 9.98 Å². The van der Waals surface area contributed by atoms with Crippen molar-refractivity contribution in [1.29, 1.82) is 0 Å². The van der Waals surface area contributed by atoms with Gasteiger partial charge in [-0.1, -0.05) is 18.5 Å². The Bertz CT molecular complexity index is 997. The number of anilines is 1. The molecule has 2 aliphatic heterocycles. The maximum absolute atomic E-state index is 12.7. The second-order valence-corrected chi connectivity index (χ2v) is 9.13. The number of nitrogens with one attached hydrogen (secondary N) is 1. The second kappa shape index (κ2) is 9.32. The highest BCUT2D eigenvalue weighted by Crippen LogP contribution is 2.36. The molecule has 162 valence electrons. The van der Waals surface area contributed by atoms with Crippen LogP contribution < -0.4 is 10.1 Å². The number of methoxy groups -OCH3 is 1. The van der Waals surface area contributed by atoms with Gasteiger partial charge in [-0.25, -0.2) is 9.79 Å². The van der Waals surface area contributed by atoms with Crippen molar-refractivity contribution in [3.05, 3.63) is 59.1 Å². The summed E-state index contributed by atoms with van der Waals surface area (Å²) in [6.07, 6.45) is 1.41. The first-order valence-corrected chi connectivity index (χ1v) is 11.7. The van der Waals surface area contributed by atoms with E-state index in [0.29, 0.717) is 31.0 Å². The van der Waals surface area contributed by atoms with Crippen molar-refractivity contribution in [3.63, 3.8) is 0 Å². The fourth-order valence-electron chi connectivity index (χ4n) is 3.72. The fourth-order valence-corrected chi connectivity index (χ4v) is 4.66. The van der Waals surface area contributed by atoms with Crippen LogP contribution in [0.15, 0.2) is 58.5 Å². The van der Waals surface area contributed by atoms with Gasteiger partial charge in [0.15, 0.2) is 5.66 Å². The van der Waals surface area contributed by atoms with Crippen LogP contribution in [0.5, 0.6) is 5.75 Å². The van der Waals surface area contributed by atoms with E-state index < -0.39 is 5.66 Å². The minimum absolute atomic E-state index is 0.110. The molecular formula is C23H25ClN4O2S. The smallest absolute Gasteiger partial charge is 0.321 e. The first kappa shape index (κ1) is 21.7. The number of benzene rings is 2. The van der Waals surface area contributed by atoms with Gasteiger partial charge >= 0.3 is 6.03 Å². The molecule has 2 aromatic rings. The van der Waals surface area contributed by atoms with Crippen molar-refractivity contribution in [1.82, 2.24) is 4.90 Å². The Labute approximate surface area is 191 Å². The summed E-state index contributed by atoms with van der Waals surface area (Å²) in [6, 6.07) is 15.0. The zero-order valence-electron chi connectivity index (χ0n) is 17.6. The van der Waals surface area contributed by atoms with E-state index in [1.807, 2.05) is 29.2 Å². The molecule has 0 radical (unpaired) electrons. The minimum Gasteiger partial charge on any atom is -0.497 e. The molecule has 8 heteroatoms. The molecule has 2 aliphatic rings. The maximum Gasteiger partial charge on any atom is 0.321 e. The molecule has 0 aliphatic carbocycles. The van der Waals surface area contributed by atoms with Crippen molar-refractivity contribution in [3.8, 4) is 5.75 Å². The third-order valence-electron chi connectivity index (χ3n) is 5.42. The van der Waals surface area contributed by atoms with E-state index >= 15 is 0 Å². The molecule has 2 aromatic carbocycles. The zero-order valence-corrected chi connectivity index (χ0v) is 19.2. The van der Waals surface area contributed by atoms with Crippen LogP contribution in [0.4, 0.5) is 10.5 Å². The van der Waals surface area contributed by atoms with Gasteiger partial charge in [-0.15, -0.1) is 11.8 Å². The quantitative estimate of drug-likeness (QED) is 0.676. The van der Waals surface area contributed by atoms with Gasteiger partial charge < -0.3 is 15.0 Å². The molecule has 2 heterocycles. The molecule has 1 fully saturated rings. The highest BCUT2D eigenvalue weighted by Gasteiger charge is 2.40. The summed E-state index contributed by atoms with van der Waals surface area (Å²) in [5, 5.41) is 4.55. The summed E-state index contributed by atoms with van der Waals surface area (Å²) < 4.78 is 5.27. The normalized spacial score (nSPS) is 17.3. The number of carbonyl (C=O) groups excluding carboxylic acids is 1. The van der Waals surface area contributed by atoms with Gasteiger partial charge in [-0.2, -0.15) is 0 Å². The molecule has 0 bridgehead atoms. The number of thioether (sulfide) groups is 1. The minimum atomic E-state index is -0.482. The summed E-state index contributed by atoms with van der Waals surface area (Å²) in [4.78, 5) is 24.6. The first-order valence-electron chi connectivity index (χ1n) is 10.3. The SMILES string of the molecule is CCSC1=NC2(CCN(C(=O)Nc3ccc(Cl)cc3)CC2)N=C1c1ccc(OC)cc1. The highest BCUT2D eigenvalue weighted by molar-refractivity contribution is 8.15. The molecule has 4 rings (SSSR count). The largest absolute Gasteiger partial charge is 0.497 e. The van der Waals surface area contributed by atoms with Crippen molar-refractivity contribution in [2.45, 2.75) is 25.4 Å².